The maximum absolute atomic E-state index is 11.4. The van der Waals surface area contributed by atoms with E-state index in [-0.39, 0.29) is 12.3 Å². The highest BCUT2D eigenvalue weighted by Gasteiger charge is 2.46. The molecule has 0 radical (unpaired) electrons. The van der Waals surface area contributed by atoms with Crippen LogP contribution in [0.25, 0.3) is 0 Å². The molecule has 0 aromatic heterocycles. The quantitative estimate of drug-likeness (QED) is 0.703. The van der Waals surface area contributed by atoms with E-state index in [9.17, 15) is 18.3 Å². The Bertz CT molecular complexity index is 382. The number of likely N-dealkylation sites (tertiary alicyclic amines) is 1. The first-order valence-electron chi connectivity index (χ1n) is 5.81. The van der Waals surface area contributed by atoms with Gasteiger partial charge in [0.05, 0.1) is 5.75 Å². The van der Waals surface area contributed by atoms with Crippen molar-refractivity contribution in [2.75, 3.05) is 18.8 Å². The van der Waals surface area contributed by atoms with E-state index in [0.29, 0.717) is 19.4 Å². The number of nitrogens with two attached hydrogens (primary N) is 1. The van der Waals surface area contributed by atoms with Crippen LogP contribution in [0.15, 0.2) is 0 Å². The lowest BCUT2D eigenvalue weighted by atomic mass is 9.91. The van der Waals surface area contributed by atoms with Crippen molar-refractivity contribution >= 4 is 16.0 Å². The van der Waals surface area contributed by atoms with Crippen LogP contribution in [0.4, 0.5) is 0 Å². The van der Waals surface area contributed by atoms with Gasteiger partial charge in [-0.2, -0.15) is 0 Å². The van der Waals surface area contributed by atoms with Crippen molar-refractivity contribution in [2.45, 2.75) is 38.1 Å². The molecule has 0 saturated carbocycles. The van der Waals surface area contributed by atoms with Gasteiger partial charge in [-0.3, -0.25) is 9.69 Å². The number of nitrogens with zero attached hydrogens (tertiary/aromatic N) is 1. The minimum Gasteiger partial charge on any atom is -0.480 e. The zero-order valence-corrected chi connectivity index (χ0v) is 10.9. The van der Waals surface area contributed by atoms with E-state index in [2.05, 4.69) is 0 Å². The fourth-order valence-corrected chi connectivity index (χ4v) is 3.02. The first kappa shape index (κ1) is 14.4. The molecule has 0 aromatic rings. The lowest BCUT2D eigenvalue weighted by molar-refractivity contribution is -0.150. The molecule has 1 unspecified atom stereocenters. The van der Waals surface area contributed by atoms with E-state index in [1.54, 1.807) is 4.90 Å². The highest BCUT2D eigenvalue weighted by atomic mass is 32.2. The molecule has 100 valence electrons. The van der Waals surface area contributed by atoms with E-state index >= 15 is 0 Å². The number of sulfonamides is 1. The van der Waals surface area contributed by atoms with Crippen LogP contribution in [-0.2, 0) is 14.8 Å². The van der Waals surface area contributed by atoms with Gasteiger partial charge in [0.25, 0.3) is 0 Å². The third kappa shape index (κ3) is 3.40. The molecule has 3 N–H and O–H groups in total. The molecule has 1 atom stereocenters. The van der Waals surface area contributed by atoms with Crippen molar-refractivity contribution in [2.24, 2.45) is 5.14 Å². The zero-order chi connectivity index (χ0) is 13.1. The Morgan fingerprint density at radius 3 is 2.65 bits per heavy atom. The molecule has 17 heavy (non-hydrogen) atoms. The third-order valence-corrected chi connectivity index (χ3v) is 4.08. The predicted octanol–water partition coefficient (Wildman–Crippen LogP) is -0.00580. The summed E-state index contributed by atoms with van der Waals surface area (Å²) in [7, 11) is -3.54. The Morgan fingerprint density at radius 2 is 2.18 bits per heavy atom. The van der Waals surface area contributed by atoms with Gasteiger partial charge in [0.1, 0.15) is 5.54 Å². The largest absolute Gasteiger partial charge is 0.480 e. The maximum Gasteiger partial charge on any atom is 0.324 e. The minimum absolute atomic E-state index is 0.189. The summed E-state index contributed by atoms with van der Waals surface area (Å²) in [6, 6.07) is 0. The summed E-state index contributed by atoms with van der Waals surface area (Å²) in [6.07, 6.45) is 2.68. The van der Waals surface area contributed by atoms with Gasteiger partial charge in [0.15, 0.2) is 0 Å². The second-order valence-corrected chi connectivity index (χ2v) is 6.28. The summed E-state index contributed by atoms with van der Waals surface area (Å²) in [5.74, 6) is -1.04. The molecule has 1 saturated heterocycles. The molecule has 1 aliphatic rings. The molecule has 7 heteroatoms. The van der Waals surface area contributed by atoms with Gasteiger partial charge in [0, 0.05) is 6.54 Å². The predicted molar refractivity (Wildman–Crippen MR) is 64.1 cm³/mol. The molecule has 0 aromatic carbocycles. The smallest absolute Gasteiger partial charge is 0.324 e. The number of hydrogen-bond donors (Lipinski definition) is 2. The fourth-order valence-electron chi connectivity index (χ4n) is 2.54. The third-order valence-electron chi connectivity index (χ3n) is 3.33. The molecule has 1 heterocycles. The second kappa shape index (κ2) is 5.32. The van der Waals surface area contributed by atoms with Crippen LogP contribution in [0.3, 0.4) is 0 Å². The average Bonchev–Trinajstić information content (AvgIpc) is 2.59. The van der Waals surface area contributed by atoms with Gasteiger partial charge in [0.2, 0.25) is 10.0 Å². The number of hydrogen-bond acceptors (Lipinski definition) is 4. The normalized spacial score (nSPS) is 26.2. The summed E-state index contributed by atoms with van der Waals surface area (Å²) in [6.45, 7) is 2.76. The average molecular weight is 264 g/mol. The monoisotopic (exact) mass is 264 g/mol. The first-order chi connectivity index (χ1) is 7.82. The number of carboxylic acids is 1. The van der Waals surface area contributed by atoms with E-state index in [1.807, 2.05) is 6.92 Å². The van der Waals surface area contributed by atoms with Gasteiger partial charge in [-0.25, -0.2) is 13.6 Å². The van der Waals surface area contributed by atoms with E-state index in [0.717, 1.165) is 12.8 Å². The Hall–Kier alpha value is -0.660. The van der Waals surface area contributed by atoms with E-state index < -0.39 is 21.5 Å². The van der Waals surface area contributed by atoms with Crippen LogP contribution >= 0.6 is 0 Å². The molecular weight excluding hydrogens is 244 g/mol. The van der Waals surface area contributed by atoms with E-state index in [4.69, 9.17) is 5.14 Å². The van der Waals surface area contributed by atoms with Gasteiger partial charge < -0.3 is 5.11 Å². The topological polar surface area (TPSA) is 101 Å². The summed E-state index contributed by atoms with van der Waals surface area (Å²) in [4.78, 5) is 13.2. The second-order valence-electron chi connectivity index (χ2n) is 4.54. The molecule has 0 spiro atoms. The summed E-state index contributed by atoms with van der Waals surface area (Å²) >= 11 is 0. The van der Waals surface area contributed by atoms with Gasteiger partial charge in [-0.15, -0.1) is 0 Å². The Balaban J connectivity index is 2.78. The Labute approximate surface area is 102 Å². The number of aliphatic carboxylic acids is 1. The molecular formula is C10H20N2O4S. The summed E-state index contributed by atoms with van der Waals surface area (Å²) in [5.41, 5.74) is -0.889. The molecule has 0 aliphatic carbocycles. The SMILES string of the molecule is CCCC1(C(=O)O)CCCN1CCS(N)(=O)=O. The molecule has 1 rings (SSSR count). The Morgan fingerprint density at radius 1 is 1.53 bits per heavy atom. The van der Waals surface area contributed by atoms with Crippen LogP contribution in [0.1, 0.15) is 32.6 Å². The van der Waals surface area contributed by atoms with Crippen molar-refractivity contribution in [1.29, 1.82) is 0 Å². The van der Waals surface area contributed by atoms with Crippen molar-refractivity contribution < 1.29 is 18.3 Å². The number of rotatable bonds is 6. The van der Waals surface area contributed by atoms with Crippen LogP contribution < -0.4 is 5.14 Å². The molecule has 1 fully saturated rings. The van der Waals surface area contributed by atoms with Crippen molar-refractivity contribution in [1.82, 2.24) is 4.90 Å². The molecule has 6 nitrogen and oxygen atoms in total. The number of carbonyl (C=O) groups is 1. The van der Waals surface area contributed by atoms with Crippen LogP contribution in [0.2, 0.25) is 0 Å². The number of primary sulfonamides is 1. The Kier molecular flexibility index (Phi) is 4.51. The van der Waals surface area contributed by atoms with E-state index in [1.165, 1.54) is 0 Å². The highest BCUT2D eigenvalue weighted by molar-refractivity contribution is 7.89. The minimum atomic E-state index is -3.54. The van der Waals surface area contributed by atoms with Crippen molar-refractivity contribution in [3.63, 3.8) is 0 Å². The van der Waals surface area contributed by atoms with Crippen LogP contribution in [-0.4, -0.2) is 48.8 Å². The lowest BCUT2D eigenvalue weighted by Crippen LogP contribution is -2.52. The molecule has 0 bridgehead atoms. The summed E-state index contributed by atoms with van der Waals surface area (Å²) < 4.78 is 21.9. The van der Waals surface area contributed by atoms with Crippen LogP contribution in [0, 0.1) is 0 Å². The van der Waals surface area contributed by atoms with Crippen molar-refractivity contribution in [3.8, 4) is 0 Å². The fraction of sp³-hybridized carbons (Fsp3) is 0.900. The first-order valence-corrected chi connectivity index (χ1v) is 7.52. The van der Waals surface area contributed by atoms with Gasteiger partial charge >= 0.3 is 5.97 Å². The molecule has 0 amide bonds. The zero-order valence-electron chi connectivity index (χ0n) is 10.1. The number of carboxylic acid groups (broad SMARTS) is 1. The standard InChI is InChI=1S/C10H20N2O4S/c1-2-4-10(9(13)14)5-3-6-12(10)7-8-17(11,15)16/h2-8H2,1H3,(H,13,14)(H2,11,15,16). The van der Waals surface area contributed by atoms with Gasteiger partial charge in [-0.05, 0) is 25.8 Å². The molecule has 1 aliphatic heterocycles. The summed E-state index contributed by atoms with van der Waals surface area (Å²) in [5, 5.41) is 14.3. The van der Waals surface area contributed by atoms with Gasteiger partial charge in [-0.1, -0.05) is 13.3 Å². The maximum atomic E-state index is 11.4. The van der Waals surface area contributed by atoms with Crippen molar-refractivity contribution in [3.05, 3.63) is 0 Å². The highest BCUT2D eigenvalue weighted by Crippen LogP contribution is 2.33. The lowest BCUT2D eigenvalue weighted by Gasteiger charge is -2.34. The van der Waals surface area contributed by atoms with Crippen LogP contribution in [0.5, 0.6) is 0 Å².